The molecular formula is C19H23N3O6. The van der Waals surface area contributed by atoms with Crippen LogP contribution in [-0.4, -0.2) is 73.3 Å². The first kappa shape index (κ1) is 21.0. The Kier molecular flexibility index (Phi) is 7.63. The van der Waals surface area contributed by atoms with Crippen LogP contribution in [0.3, 0.4) is 0 Å². The van der Waals surface area contributed by atoms with Crippen molar-refractivity contribution >= 4 is 18.0 Å². The Labute approximate surface area is 163 Å². The van der Waals surface area contributed by atoms with Crippen molar-refractivity contribution < 1.29 is 28.6 Å². The third-order valence-electron chi connectivity index (χ3n) is 4.12. The van der Waals surface area contributed by atoms with Crippen molar-refractivity contribution in [2.24, 2.45) is 0 Å². The number of piperazine rings is 1. The molecule has 0 aromatic heterocycles. The number of nitrogens with zero attached hydrogens (tertiary/aromatic N) is 3. The highest BCUT2D eigenvalue weighted by atomic mass is 16.6. The number of carbonyl (C=O) groups is 3. The molecule has 1 aromatic carbocycles. The molecule has 9 nitrogen and oxygen atoms in total. The van der Waals surface area contributed by atoms with E-state index in [9.17, 15) is 14.4 Å². The maximum Gasteiger partial charge on any atom is 0.409 e. The summed E-state index contributed by atoms with van der Waals surface area (Å²) in [4.78, 5) is 39.0. The maximum atomic E-state index is 12.2. The molecule has 28 heavy (non-hydrogen) atoms. The molecule has 0 aliphatic carbocycles. The lowest BCUT2D eigenvalue weighted by molar-refractivity contribution is -0.157. The highest BCUT2D eigenvalue weighted by Crippen LogP contribution is 2.14. The summed E-state index contributed by atoms with van der Waals surface area (Å²) in [6.07, 6.45) is -1.30. The second-order valence-electron chi connectivity index (χ2n) is 6.07. The van der Waals surface area contributed by atoms with Crippen molar-refractivity contribution in [3.63, 3.8) is 0 Å². The zero-order valence-corrected chi connectivity index (χ0v) is 15.9. The van der Waals surface area contributed by atoms with Gasteiger partial charge in [-0.3, -0.25) is 4.79 Å². The molecule has 1 heterocycles. The largest absolute Gasteiger partial charge is 0.479 e. The van der Waals surface area contributed by atoms with Crippen LogP contribution >= 0.6 is 0 Å². The van der Waals surface area contributed by atoms with E-state index in [1.165, 1.54) is 16.7 Å². The molecule has 0 radical (unpaired) electrons. The van der Waals surface area contributed by atoms with Gasteiger partial charge >= 0.3 is 12.1 Å². The van der Waals surface area contributed by atoms with Gasteiger partial charge in [-0.05, 0) is 38.1 Å². The van der Waals surface area contributed by atoms with E-state index in [1.54, 1.807) is 31.2 Å². The smallest absolute Gasteiger partial charge is 0.409 e. The highest BCUT2D eigenvalue weighted by molar-refractivity contribution is 5.82. The quantitative estimate of drug-likeness (QED) is 0.672. The molecule has 2 amide bonds. The third kappa shape index (κ3) is 5.87. The average molecular weight is 389 g/mol. The summed E-state index contributed by atoms with van der Waals surface area (Å²) in [5.41, 5.74) is 0.483. The third-order valence-corrected chi connectivity index (χ3v) is 4.12. The molecule has 0 saturated carbocycles. The minimum atomic E-state index is -0.901. The van der Waals surface area contributed by atoms with Gasteiger partial charge in [0.25, 0.3) is 5.91 Å². The monoisotopic (exact) mass is 389 g/mol. The first-order chi connectivity index (χ1) is 13.4. The van der Waals surface area contributed by atoms with Gasteiger partial charge in [0.05, 0.1) is 18.2 Å². The lowest BCUT2D eigenvalue weighted by Gasteiger charge is -2.33. The second kappa shape index (κ2) is 10.2. The number of ether oxygens (including phenoxy) is 3. The van der Waals surface area contributed by atoms with Crippen molar-refractivity contribution in [3.05, 3.63) is 29.8 Å². The summed E-state index contributed by atoms with van der Waals surface area (Å²) in [5, 5.41) is 8.77. The van der Waals surface area contributed by atoms with Crippen LogP contribution in [0, 0.1) is 11.3 Å². The number of hydrogen-bond acceptors (Lipinski definition) is 7. The van der Waals surface area contributed by atoms with Crippen LogP contribution < -0.4 is 4.74 Å². The van der Waals surface area contributed by atoms with Gasteiger partial charge in [-0.15, -0.1) is 0 Å². The van der Waals surface area contributed by atoms with Crippen LogP contribution in [0.1, 0.15) is 19.4 Å². The van der Waals surface area contributed by atoms with E-state index in [0.29, 0.717) is 44.1 Å². The summed E-state index contributed by atoms with van der Waals surface area (Å²) in [7, 11) is 0. The van der Waals surface area contributed by atoms with Crippen LogP contribution in [0.2, 0.25) is 0 Å². The zero-order chi connectivity index (χ0) is 20.5. The fraction of sp³-hybridized carbons (Fsp3) is 0.474. The Morgan fingerprint density at radius 3 is 2.25 bits per heavy atom. The number of carbonyl (C=O) groups excluding carboxylic acids is 3. The van der Waals surface area contributed by atoms with E-state index in [4.69, 9.17) is 19.5 Å². The Bertz CT molecular complexity index is 735. The second-order valence-corrected chi connectivity index (χ2v) is 6.07. The van der Waals surface area contributed by atoms with Crippen LogP contribution in [0.4, 0.5) is 4.79 Å². The molecule has 1 aromatic rings. The molecule has 1 aliphatic heterocycles. The summed E-state index contributed by atoms with van der Waals surface area (Å²) in [6.45, 7) is 4.61. The first-order valence-electron chi connectivity index (χ1n) is 8.97. The number of nitriles is 1. The molecule has 1 aliphatic rings. The van der Waals surface area contributed by atoms with Gasteiger partial charge in [-0.2, -0.15) is 5.26 Å². The summed E-state index contributed by atoms with van der Waals surface area (Å²) in [5.74, 6) is -0.574. The number of hydrogen-bond donors (Lipinski definition) is 0. The number of amides is 2. The number of benzene rings is 1. The standard InChI is InChI=1S/C19H23N3O6/c1-3-26-19(25)22-10-8-21(9-11-22)17(23)13-27-18(24)14(2)28-16-6-4-15(12-20)5-7-16/h4-7,14H,3,8-11,13H2,1-2H3/t14-/m0/s1. The van der Waals surface area contributed by atoms with E-state index in [0.717, 1.165) is 0 Å². The van der Waals surface area contributed by atoms with E-state index in [2.05, 4.69) is 0 Å². The molecule has 9 heteroatoms. The van der Waals surface area contributed by atoms with Gasteiger partial charge in [0.1, 0.15) is 5.75 Å². The molecule has 1 fully saturated rings. The van der Waals surface area contributed by atoms with E-state index >= 15 is 0 Å². The van der Waals surface area contributed by atoms with E-state index in [1.807, 2.05) is 6.07 Å². The fourth-order valence-electron chi connectivity index (χ4n) is 2.55. The van der Waals surface area contributed by atoms with Crippen LogP contribution in [0.5, 0.6) is 5.75 Å². The van der Waals surface area contributed by atoms with Gasteiger partial charge in [0.15, 0.2) is 12.7 Å². The van der Waals surface area contributed by atoms with Gasteiger partial charge in [0.2, 0.25) is 0 Å². The van der Waals surface area contributed by atoms with Crippen molar-refractivity contribution in [2.75, 3.05) is 39.4 Å². The predicted octanol–water partition coefficient (Wildman–Crippen LogP) is 1.17. The van der Waals surface area contributed by atoms with Crippen LogP contribution in [0.15, 0.2) is 24.3 Å². The SMILES string of the molecule is CCOC(=O)N1CCN(C(=O)COC(=O)[C@H](C)Oc2ccc(C#N)cc2)CC1. The van der Waals surface area contributed by atoms with Gasteiger partial charge in [0, 0.05) is 26.2 Å². The molecular weight excluding hydrogens is 366 g/mol. The Balaban J connectivity index is 1.73. The van der Waals surface area contributed by atoms with Crippen LogP contribution in [0.25, 0.3) is 0 Å². The lowest BCUT2D eigenvalue weighted by atomic mass is 10.2. The average Bonchev–Trinajstić information content (AvgIpc) is 2.72. The van der Waals surface area contributed by atoms with Crippen molar-refractivity contribution in [1.82, 2.24) is 9.80 Å². The minimum Gasteiger partial charge on any atom is -0.479 e. The molecule has 150 valence electrons. The Morgan fingerprint density at radius 2 is 1.68 bits per heavy atom. The zero-order valence-electron chi connectivity index (χ0n) is 15.9. The topological polar surface area (TPSA) is 109 Å². The minimum absolute atomic E-state index is 0.302. The Morgan fingerprint density at radius 1 is 1.07 bits per heavy atom. The Hall–Kier alpha value is -3.28. The number of esters is 1. The molecule has 1 saturated heterocycles. The first-order valence-corrected chi connectivity index (χ1v) is 8.97. The summed E-state index contributed by atoms with van der Waals surface area (Å²) < 4.78 is 15.4. The number of rotatable bonds is 6. The predicted molar refractivity (Wildman–Crippen MR) is 97.4 cm³/mol. The lowest BCUT2D eigenvalue weighted by Crippen LogP contribution is -2.51. The van der Waals surface area contributed by atoms with E-state index in [-0.39, 0.29) is 12.5 Å². The molecule has 0 N–H and O–H groups in total. The molecule has 0 bridgehead atoms. The van der Waals surface area contributed by atoms with E-state index < -0.39 is 18.2 Å². The maximum absolute atomic E-state index is 12.2. The summed E-state index contributed by atoms with van der Waals surface area (Å²) >= 11 is 0. The highest BCUT2D eigenvalue weighted by Gasteiger charge is 2.26. The molecule has 0 spiro atoms. The summed E-state index contributed by atoms with van der Waals surface area (Å²) in [6, 6.07) is 8.30. The molecule has 1 atom stereocenters. The van der Waals surface area contributed by atoms with Crippen molar-refractivity contribution in [3.8, 4) is 11.8 Å². The van der Waals surface area contributed by atoms with Gasteiger partial charge in [-0.1, -0.05) is 0 Å². The van der Waals surface area contributed by atoms with Crippen molar-refractivity contribution in [2.45, 2.75) is 20.0 Å². The van der Waals surface area contributed by atoms with Gasteiger partial charge in [-0.25, -0.2) is 9.59 Å². The molecule has 0 unspecified atom stereocenters. The fourth-order valence-corrected chi connectivity index (χ4v) is 2.55. The van der Waals surface area contributed by atoms with Gasteiger partial charge < -0.3 is 24.0 Å². The molecule has 2 rings (SSSR count). The van der Waals surface area contributed by atoms with Crippen molar-refractivity contribution in [1.29, 1.82) is 5.26 Å². The normalized spacial score (nSPS) is 14.6. The van der Waals surface area contributed by atoms with Crippen LogP contribution in [-0.2, 0) is 19.1 Å².